The number of hydrogen-bond donors (Lipinski definition) is 3. The molecule has 4 N–H and O–H groups in total. The lowest BCUT2D eigenvalue weighted by molar-refractivity contribution is -0.117. The van der Waals surface area contributed by atoms with Crippen LogP contribution < -0.4 is 11.1 Å². The zero-order valence-electron chi connectivity index (χ0n) is 16.5. The molecule has 3 heterocycles. The maximum absolute atomic E-state index is 11.9. The van der Waals surface area contributed by atoms with Crippen molar-refractivity contribution >= 4 is 23.0 Å². The van der Waals surface area contributed by atoms with E-state index < -0.39 is 0 Å². The van der Waals surface area contributed by atoms with Crippen LogP contribution in [0.4, 0.5) is 5.69 Å². The highest BCUT2D eigenvalue weighted by molar-refractivity contribution is 5.92. The average Bonchev–Trinajstić information content (AvgIpc) is 3.32. The van der Waals surface area contributed by atoms with Crippen molar-refractivity contribution in [1.29, 1.82) is 0 Å². The number of aldehydes is 1. The number of carbonyl (C=O) groups excluding carboxylic acids is 1. The number of fused-ring (bicyclic) bond motifs is 1. The summed E-state index contributed by atoms with van der Waals surface area (Å²) in [6.07, 6.45) is 10.4. The van der Waals surface area contributed by atoms with Gasteiger partial charge in [0.05, 0.1) is 5.69 Å². The zero-order valence-corrected chi connectivity index (χ0v) is 16.5. The van der Waals surface area contributed by atoms with Crippen molar-refractivity contribution in [2.24, 2.45) is 24.1 Å². The van der Waals surface area contributed by atoms with E-state index in [1.54, 1.807) is 12.4 Å². The van der Waals surface area contributed by atoms with Gasteiger partial charge in [-0.2, -0.15) is 0 Å². The molecule has 3 aromatic heterocycles. The van der Waals surface area contributed by atoms with Crippen LogP contribution in [0.1, 0.15) is 32.6 Å². The molecule has 148 valence electrons. The Balaban J connectivity index is 1.54. The number of rotatable bonds is 6. The topological polar surface area (TPSA) is 102 Å². The Morgan fingerprint density at radius 1 is 1.39 bits per heavy atom. The lowest BCUT2D eigenvalue weighted by Crippen LogP contribution is -2.39. The van der Waals surface area contributed by atoms with Gasteiger partial charge in [-0.3, -0.25) is 0 Å². The minimum absolute atomic E-state index is 0.196. The van der Waals surface area contributed by atoms with Gasteiger partial charge in [-0.15, -0.1) is 0 Å². The first-order valence-corrected chi connectivity index (χ1v) is 9.92. The second-order valence-electron chi connectivity index (χ2n) is 8.20. The van der Waals surface area contributed by atoms with Gasteiger partial charge in [0.25, 0.3) is 0 Å². The van der Waals surface area contributed by atoms with E-state index in [0.29, 0.717) is 12.5 Å². The van der Waals surface area contributed by atoms with Gasteiger partial charge in [0.15, 0.2) is 5.82 Å². The molecule has 28 heavy (non-hydrogen) atoms. The molecule has 3 aromatic rings. The van der Waals surface area contributed by atoms with E-state index in [4.69, 9.17) is 5.73 Å². The molecule has 0 aliphatic heterocycles. The average molecular weight is 380 g/mol. The smallest absolute Gasteiger partial charge is 0.156 e. The molecule has 4 rings (SSSR count). The summed E-state index contributed by atoms with van der Waals surface area (Å²) in [6, 6.07) is 4.22. The van der Waals surface area contributed by atoms with Gasteiger partial charge in [-0.1, -0.05) is 0 Å². The molecule has 0 bridgehead atoms. The van der Waals surface area contributed by atoms with Crippen molar-refractivity contribution in [2.75, 3.05) is 11.9 Å². The van der Waals surface area contributed by atoms with Crippen molar-refractivity contribution in [3.05, 3.63) is 30.7 Å². The van der Waals surface area contributed by atoms with E-state index in [1.165, 1.54) is 0 Å². The van der Waals surface area contributed by atoms with Crippen molar-refractivity contribution in [1.82, 2.24) is 19.5 Å². The molecule has 0 saturated heterocycles. The predicted octanol–water partition coefficient (Wildman–Crippen LogP) is 3.10. The second kappa shape index (κ2) is 7.39. The number of pyridine rings is 1. The van der Waals surface area contributed by atoms with E-state index in [9.17, 15) is 4.79 Å². The van der Waals surface area contributed by atoms with Crippen LogP contribution in [0.2, 0.25) is 0 Å². The fourth-order valence-corrected chi connectivity index (χ4v) is 4.28. The van der Waals surface area contributed by atoms with Crippen LogP contribution in [-0.4, -0.2) is 38.4 Å². The van der Waals surface area contributed by atoms with Gasteiger partial charge >= 0.3 is 0 Å². The Morgan fingerprint density at radius 3 is 2.82 bits per heavy atom. The number of imidazole rings is 1. The fraction of sp³-hybridized carbons (Fsp3) is 0.476. The van der Waals surface area contributed by atoms with Gasteiger partial charge in [-0.05, 0) is 50.7 Å². The van der Waals surface area contributed by atoms with Crippen LogP contribution in [0.3, 0.4) is 0 Å². The van der Waals surface area contributed by atoms with Crippen molar-refractivity contribution in [2.45, 2.75) is 38.6 Å². The molecular weight excluding hydrogens is 352 g/mol. The van der Waals surface area contributed by atoms with Crippen molar-refractivity contribution < 1.29 is 4.79 Å². The van der Waals surface area contributed by atoms with Gasteiger partial charge in [0, 0.05) is 54.7 Å². The summed E-state index contributed by atoms with van der Waals surface area (Å²) in [5.41, 5.74) is 8.45. The lowest BCUT2D eigenvalue weighted by Gasteiger charge is -2.37. The summed E-state index contributed by atoms with van der Waals surface area (Å²) in [6.45, 7) is 2.69. The number of carbonyl (C=O) groups is 1. The van der Waals surface area contributed by atoms with Gasteiger partial charge in [0.1, 0.15) is 11.9 Å². The summed E-state index contributed by atoms with van der Waals surface area (Å²) < 4.78 is 1.97. The number of hydrogen-bond acceptors (Lipinski definition) is 5. The number of aryl methyl sites for hydroxylation is 1. The molecule has 0 aromatic carbocycles. The van der Waals surface area contributed by atoms with Gasteiger partial charge < -0.3 is 25.4 Å². The van der Waals surface area contributed by atoms with Crippen LogP contribution in [0.15, 0.2) is 30.7 Å². The summed E-state index contributed by atoms with van der Waals surface area (Å²) >= 11 is 0. The Labute approximate surface area is 164 Å². The maximum Gasteiger partial charge on any atom is 0.156 e. The molecule has 1 fully saturated rings. The molecule has 1 atom stereocenters. The third kappa shape index (κ3) is 3.42. The van der Waals surface area contributed by atoms with Crippen molar-refractivity contribution in [3.8, 4) is 11.5 Å². The lowest BCUT2D eigenvalue weighted by atomic mass is 9.70. The fourth-order valence-electron chi connectivity index (χ4n) is 4.28. The van der Waals surface area contributed by atoms with Gasteiger partial charge in [0.2, 0.25) is 0 Å². The van der Waals surface area contributed by atoms with E-state index in [0.717, 1.165) is 60.2 Å². The number of aromatic amines is 1. The van der Waals surface area contributed by atoms with Crippen LogP contribution in [0.25, 0.3) is 22.6 Å². The summed E-state index contributed by atoms with van der Waals surface area (Å²) in [7, 11) is 1.97. The number of nitrogens with two attached hydrogens (primary N) is 1. The first kappa shape index (κ1) is 18.7. The number of anilines is 1. The third-order valence-electron chi connectivity index (χ3n) is 6.24. The molecule has 1 unspecified atom stereocenters. The molecule has 7 nitrogen and oxygen atoms in total. The Hall–Kier alpha value is -2.67. The molecule has 1 aliphatic carbocycles. The van der Waals surface area contributed by atoms with Crippen LogP contribution in [0, 0.1) is 11.3 Å². The Bertz CT molecular complexity index is 964. The summed E-state index contributed by atoms with van der Waals surface area (Å²) in [4.78, 5) is 24.1. The summed E-state index contributed by atoms with van der Waals surface area (Å²) in [5, 5.41) is 4.52. The molecule has 0 radical (unpaired) electrons. The SMILES string of the molecule is CC(N)C1CCC(C=O)(CNc2ccnc3[nH]c(-c4nccn4C)cc23)CC1. The monoisotopic (exact) mass is 380 g/mol. The minimum Gasteiger partial charge on any atom is -0.383 e. The molecular formula is C21H28N6O. The highest BCUT2D eigenvalue weighted by Crippen LogP contribution is 2.39. The first-order chi connectivity index (χ1) is 13.5. The summed E-state index contributed by atoms with van der Waals surface area (Å²) in [5.74, 6) is 1.38. The Kier molecular flexibility index (Phi) is 4.93. The standard InChI is InChI=1S/C21H28N6O/c1-14(22)15-3-6-21(13-28,7-4-15)12-25-17-5-8-23-19-16(17)11-18(26-19)20-24-9-10-27(20)2/h5,8-11,13-15H,3-4,6-7,12,22H2,1-2H3,(H2,23,25,26). The Morgan fingerprint density at radius 2 is 2.18 bits per heavy atom. The van der Waals surface area contributed by atoms with Crippen LogP contribution in [0.5, 0.6) is 0 Å². The zero-order chi connectivity index (χ0) is 19.7. The second-order valence-corrected chi connectivity index (χ2v) is 8.20. The molecule has 1 saturated carbocycles. The number of nitrogens with zero attached hydrogens (tertiary/aromatic N) is 3. The molecule has 1 aliphatic rings. The van der Waals surface area contributed by atoms with E-state index in [2.05, 4.69) is 33.3 Å². The van der Waals surface area contributed by atoms with Crippen LogP contribution in [-0.2, 0) is 11.8 Å². The van der Waals surface area contributed by atoms with E-state index in [1.807, 2.05) is 23.9 Å². The minimum atomic E-state index is -0.320. The first-order valence-electron chi connectivity index (χ1n) is 9.92. The van der Waals surface area contributed by atoms with Crippen molar-refractivity contribution in [3.63, 3.8) is 0 Å². The number of nitrogens with one attached hydrogen (secondary N) is 2. The quantitative estimate of drug-likeness (QED) is 0.570. The highest BCUT2D eigenvalue weighted by atomic mass is 16.1. The van der Waals surface area contributed by atoms with Gasteiger partial charge in [-0.25, -0.2) is 9.97 Å². The largest absolute Gasteiger partial charge is 0.383 e. The maximum atomic E-state index is 11.9. The van der Waals surface area contributed by atoms with Crippen LogP contribution >= 0.6 is 0 Å². The predicted molar refractivity (Wildman–Crippen MR) is 111 cm³/mol. The van der Waals surface area contributed by atoms with E-state index >= 15 is 0 Å². The number of aromatic nitrogens is 4. The normalized spacial score (nSPS) is 23.6. The highest BCUT2D eigenvalue weighted by Gasteiger charge is 2.36. The number of H-pyrrole nitrogens is 1. The van der Waals surface area contributed by atoms with E-state index in [-0.39, 0.29) is 11.5 Å². The molecule has 7 heteroatoms. The third-order valence-corrected chi connectivity index (χ3v) is 6.24. The molecule has 0 spiro atoms. The molecule has 0 amide bonds.